The van der Waals surface area contributed by atoms with Gasteiger partial charge < -0.3 is 0 Å². The maximum absolute atomic E-state index is 4.43. The zero-order chi connectivity index (χ0) is 10.4. The van der Waals surface area contributed by atoms with Crippen LogP contribution >= 0.6 is 0 Å². The zero-order valence-electron chi connectivity index (χ0n) is 8.99. The van der Waals surface area contributed by atoms with Crippen LogP contribution in [0.2, 0.25) is 0 Å². The number of aromatic nitrogens is 2. The molecule has 2 rings (SSSR count). The van der Waals surface area contributed by atoms with Crippen LogP contribution in [0.25, 0.3) is 11.0 Å². The van der Waals surface area contributed by atoms with Crippen molar-refractivity contribution >= 4 is 11.0 Å². The molecule has 2 aromatic rings. The SMILES string of the molecule is CC.CCc1ccc2ncccc2n1. The first-order chi connectivity index (χ1) is 6.90. The molecule has 0 aromatic carbocycles. The van der Waals surface area contributed by atoms with Gasteiger partial charge in [0.25, 0.3) is 0 Å². The van der Waals surface area contributed by atoms with E-state index < -0.39 is 0 Å². The Hall–Kier alpha value is -1.44. The first-order valence-electron chi connectivity index (χ1n) is 5.11. The lowest BCUT2D eigenvalue weighted by atomic mass is 10.2. The van der Waals surface area contributed by atoms with Crippen molar-refractivity contribution in [2.24, 2.45) is 0 Å². The lowest BCUT2D eigenvalue weighted by Crippen LogP contribution is -1.88. The minimum Gasteiger partial charge on any atom is -0.255 e. The van der Waals surface area contributed by atoms with Gasteiger partial charge in [-0.2, -0.15) is 0 Å². The molecule has 2 aromatic heterocycles. The van der Waals surface area contributed by atoms with Crippen LogP contribution < -0.4 is 0 Å². The fourth-order valence-electron chi connectivity index (χ4n) is 1.20. The molecule has 0 saturated carbocycles. The van der Waals surface area contributed by atoms with Crippen LogP contribution in [0.4, 0.5) is 0 Å². The molecule has 0 aliphatic carbocycles. The van der Waals surface area contributed by atoms with Crippen molar-refractivity contribution in [1.82, 2.24) is 9.97 Å². The number of rotatable bonds is 1. The highest BCUT2D eigenvalue weighted by molar-refractivity contribution is 5.73. The summed E-state index contributed by atoms with van der Waals surface area (Å²) in [5.74, 6) is 0. The molecule has 0 unspecified atom stereocenters. The van der Waals surface area contributed by atoms with Gasteiger partial charge in [0.1, 0.15) is 0 Å². The number of fused-ring (bicyclic) bond motifs is 1. The average molecular weight is 188 g/mol. The summed E-state index contributed by atoms with van der Waals surface area (Å²) in [7, 11) is 0. The third-order valence-electron chi connectivity index (χ3n) is 1.88. The molecular weight excluding hydrogens is 172 g/mol. The fraction of sp³-hybridized carbons (Fsp3) is 0.333. The van der Waals surface area contributed by atoms with Crippen LogP contribution in [0.5, 0.6) is 0 Å². The smallest absolute Gasteiger partial charge is 0.0889 e. The molecule has 14 heavy (non-hydrogen) atoms. The largest absolute Gasteiger partial charge is 0.255 e. The summed E-state index contributed by atoms with van der Waals surface area (Å²) in [5.41, 5.74) is 3.07. The molecule has 0 N–H and O–H groups in total. The van der Waals surface area contributed by atoms with Gasteiger partial charge in [-0.3, -0.25) is 9.97 Å². The van der Waals surface area contributed by atoms with E-state index in [1.165, 1.54) is 0 Å². The van der Waals surface area contributed by atoms with Gasteiger partial charge in [-0.1, -0.05) is 20.8 Å². The Morgan fingerprint density at radius 3 is 2.57 bits per heavy atom. The van der Waals surface area contributed by atoms with Gasteiger partial charge in [-0.25, -0.2) is 0 Å². The first kappa shape index (κ1) is 10.6. The Morgan fingerprint density at radius 1 is 1.07 bits per heavy atom. The highest BCUT2D eigenvalue weighted by atomic mass is 14.7. The number of pyridine rings is 2. The lowest BCUT2D eigenvalue weighted by molar-refractivity contribution is 1.05. The highest BCUT2D eigenvalue weighted by Gasteiger charge is 1.95. The first-order valence-corrected chi connectivity index (χ1v) is 5.11. The lowest BCUT2D eigenvalue weighted by Gasteiger charge is -1.97. The van der Waals surface area contributed by atoms with Crippen LogP contribution in [-0.2, 0) is 6.42 Å². The van der Waals surface area contributed by atoms with Crippen LogP contribution in [0.15, 0.2) is 30.5 Å². The second kappa shape index (κ2) is 5.32. The van der Waals surface area contributed by atoms with Crippen LogP contribution in [0.3, 0.4) is 0 Å². The van der Waals surface area contributed by atoms with Crippen molar-refractivity contribution in [2.45, 2.75) is 27.2 Å². The maximum Gasteiger partial charge on any atom is 0.0889 e. The second-order valence-corrected chi connectivity index (χ2v) is 2.70. The summed E-state index contributed by atoms with van der Waals surface area (Å²) >= 11 is 0. The van der Waals surface area contributed by atoms with Crippen LogP contribution in [-0.4, -0.2) is 9.97 Å². The van der Waals surface area contributed by atoms with Gasteiger partial charge in [-0.15, -0.1) is 0 Å². The van der Waals surface area contributed by atoms with E-state index in [0.717, 1.165) is 23.1 Å². The molecule has 2 heterocycles. The summed E-state index contributed by atoms with van der Waals surface area (Å²) in [6.07, 6.45) is 2.76. The molecule has 2 nitrogen and oxygen atoms in total. The van der Waals surface area contributed by atoms with E-state index in [-0.39, 0.29) is 0 Å². The summed E-state index contributed by atoms with van der Waals surface area (Å²) in [5, 5.41) is 0. The molecule has 0 spiro atoms. The quantitative estimate of drug-likeness (QED) is 0.686. The number of nitrogens with zero attached hydrogens (tertiary/aromatic N) is 2. The normalized spacial score (nSPS) is 9.36. The van der Waals surface area contributed by atoms with Crippen molar-refractivity contribution in [3.05, 3.63) is 36.2 Å². The predicted octanol–water partition coefficient (Wildman–Crippen LogP) is 3.22. The number of aryl methyl sites for hydroxylation is 1. The summed E-state index contributed by atoms with van der Waals surface area (Å²) in [4.78, 5) is 8.63. The second-order valence-electron chi connectivity index (χ2n) is 2.70. The molecule has 0 amide bonds. The molecule has 0 bridgehead atoms. The summed E-state index contributed by atoms with van der Waals surface area (Å²) in [6, 6.07) is 7.94. The Labute approximate surface area is 85.0 Å². The fourth-order valence-corrected chi connectivity index (χ4v) is 1.20. The summed E-state index contributed by atoms with van der Waals surface area (Å²) in [6.45, 7) is 6.10. The average Bonchev–Trinajstić information content (AvgIpc) is 2.31. The molecule has 0 fully saturated rings. The molecule has 74 valence electrons. The van der Waals surface area contributed by atoms with Crippen LogP contribution in [0, 0.1) is 0 Å². The molecule has 2 heteroatoms. The van der Waals surface area contributed by atoms with E-state index in [1.807, 2.05) is 38.1 Å². The van der Waals surface area contributed by atoms with E-state index in [9.17, 15) is 0 Å². The van der Waals surface area contributed by atoms with Gasteiger partial charge >= 0.3 is 0 Å². The van der Waals surface area contributed by atoms with Gasteiger partial charge in [0.05, 0.1) is 11.0 Å². The molecule has 0 atom stereocenters. The van der Waals surface area contributed by atoms with Crippen molar-refractivity contribution in [3.8, 4) is 0 Å². The molecular formula is C12H16N2. The summed E-state index contributed by atoms with van der Waals surface area (Å²) < 4.78 is 0. The molecule has 0 aliphatic heterocycles. The third-order valence-corrected chi connectivity index (χ3v) is 1.88. The van der Waals surface area contributed by atoms with Gasteiger partial charge in [-0.05, 0) is 30.7 Å². The van der Waals surface area contributed by atoms with E-state index in [2.05, 4.69) is 16.9 Å². The van der Waals surface area contributed by atoms with E-state index >= 15 is 0 Å². The standard InChI is InChI=1S/C10H10N2.C2H6/c1-2-8-5-6-9-10(12-8)4-3-7-11-9;1-2/h3-7H,2H2,1H3;1-2H3. The molecule has 0 radical (unpaired) electrons. The highest BCUT2D eigenvalue weighted by Crippen LogP contribution is 2.08. The topological polar surface area (TPSA) is 25.8 Å². The van der Waals surface area contributed by atoms with Crippen molar-refractivity contribution in [2.75, 3.05) is 0 Å². The Kier molecular flexibility index (Phi) is 4.05. The minimum absolute atomic E-state index is 0.967. The Bertz CT molecular complexity index is 396. The molecule has 0 saturated heterocycles. The van der Waals surface area contributed by atoms with E-state index in [1.54, 1.807) is 6.20 Å². The van der Waals surface area contributed by atoms with Gasteiger partial charge in [0, 0.05) is 11.9 Å². The Morgan fingerprint density at radius 2 is 1.86 bits per heavy atom. The Balaban J connectivity index is 0.000000461. The monoisotopic (exact) mass is 188 g/mol. The number of hydrogen-bond acceptors (Lipinski definition) is 2. The van der Waals surface area contributed by atoms with E-state index in [4.69, 9.17) is 0 Å². The van der Waals surface area contributed by atoms with Gasteiger partial charge in [0.2, 0.25) is 0 Å². The van der Waals surface area contributed by atoms with Gasteiger partial charge in [0.15, 0.2) is 0 Å². The van der Waals surface area contributed by atoms with Crippen LogP contribution in [0.1, 0.15) is 26.5 Å². The van der Waals surface area contributed by atoms with Crippen molar-refractivity contribution in [3.63, 3.8) is 0 Å². The van der Waals surface area contributed by atoms with E-state index in [0.29, 0.717) is 0 Å². The van der Waals surface area contributed by atoms with Crippen molar-refractivity contribution < 1.29 is 0 Å². The number of hydrogen-bond donors (Lipinski definition) is 0. The zero-order valence-corrected chi connectivity index (χ0v) is 8.99. The minimum atomic E-state index is 0.967. The third kappa shape index (κ3) is 2.28. The predicted molar refractivity (Wildman–Crippen MR) is 60.3 cm³/mol. The maximum atomic E-state index is 4.43. The van der Waals surface area contributed by atoms with Crippen molar-refractivity contribution in [1.29, 1.82) is 0 Å². The molecule has 0 aliphatic rings.